The van der Waals surface area contributed by atoms with Crippen molar-refractivity contribution in [3.8, 4) is 0 Å². The van der Waals surface area contributed by atoms with Crippen LogP contribution in [0.1, 0.15) is 27.2 Å². The van der Waals surface area contributed by atoms with Crippen LogP contribution in [0.2, 0.25) is 0 Å². The zero-order chi connectivity index (χ0) is 11.0. The molecule has 0 aliphatic heterocycles. The Kier molecular flexibility index (Phi) is 8.14. The number of likely N-dealkylation sites (N-methyl/N-ethyl adjacent to an activating group) is 1. The average Bonchev–Trinajstić information content (AvgIpc) is 2.21. The van der Waals surface area contributed by atoms with E-state index in [1.54, 1.807) is 7.11 Å². The smallest absolute Gasteiger partial charge is 0.0589 e. The van der Waals surface area contributed by atoms with E-state index in [2.05, 4.69) is 38.0 Å². The van der Waals surface area contributed by atoms with Crippen LogP contribution in [0.3, 0.4) is 0 Å². The lowest BCUT2D eigenvalue weighted by molar-refractivity contribution is 0.141. The lowest BCUT2D eigenvalue weighted by Gasteiger charge is -2.26. The van der Waals surface area contributed by atoms with Gasteiger partial charge in [0.15, 0.2) is 0 Å². The number of hydrogen-bond acceptors (Lipinski definition) is 3. The molecule has 0 spiro atoms. The first-order chi connectivity index (χ1) is 6.61. The number of hydrogen-bond donors (Lipinski definition) is 1. The minimum atomic E-state index is 0.569. The maximum absolute atomic E-state index is 5.05. The van der Waals surface area contributed by atoms with Crippen molar-refractivity contribution in [2.45, 2.75) is 39.3 Å². The molecule has 0 aromatic rings. The summed E-state index contributed by atoms with van der Waals surface area (Å²) in [6, 6.07) is 1.19. The second kappa shape index (κ2) is 8.21. The third kappa shape index (κ3) is 6.35. The number of methoxy groups -OCH3 is 1. The van der Waals surface area contributed by atoms with Gasteiger partial charge in [-0.05, 0) is 27.3 Å². The Morgan fingerprint density at radius 2 is 2.00 bits per heavy atom. The van der Waals surface area contributed by atoms with Crippen molar-refractivity contribution in [2.24, 2.45) is 0 Å². The Hall–Kier alpha value is -0.120. The summed E-state index contributed by atoms with van der Waals surface area (Å²) in [5, 5.41) is 3.51. The van der Waals surface area contributed by atoms with E-state index < -0.39 is 0 Å². The van der Waals surface area contributed by atoms with Crippen molar-refractivity contribution in [1.29, 1.82) is 0 Å². The summed E-state index contributed by atoms with van der Waals surface area (Å²) >= 11 is 0. The Morgan fingerprint density at radius 1 is 1.36 bits per heavy atom. The zero-order valence-electron chi connectivity index (χ0n) is 10.3. The molecule has 0 aliphatic rings. The first-order valence-corrected chi connectivity index (χ1v) is 5.54. The minimum absolute atomic E-state index is 0.569. The maximum atomic E-state index is 5.05. The van der Waals surface area contributed by atoms with E-state index in [4.69, 9.17) is 4.74 Å². The highest BCUT2D eigenvalue weighted by Crippen LogP contribution is 1.95. The highest BCUT2D eigenvalue weighted by atomic mass is 16.5. The Balaban J connectivity index is 3.55. The van der Waals surface area contributed by atoms with Crippen LogP contribution in [-0.2, 0) is 4.74 Å². The van der Waals surface area contributed by atoms with E-state index in [9.17, 15) is 0 Å². The molecule has 1 N–H and O–H groups in total. The third-order valence-electron chi connectivity index (χ3n) is 2.77. The summed E-state index contributed by atoms with van der Waals surface area (Å²) in [7, 11) is 3.89. The van der Waals surface area contributed by atoms with Crippen LogP contribution in [0.15, 0.2) is 0 Å². The number of rotatable bonds is 8. The van der Waals surface area contributed by atoms with Gasteiger partial charge in [0, 0.05) is 32.3 Å². The van der Waals surface area contributed by atoms with Crippen molar-refractivity contribution < 1.29 is 4.74 Å². The van der Waals surface area contributed by atoms with Gasteiger partial charge in [-0.15, -0.1) is 0 Å². The van der Waals surface area contributed by atoms with Gasteiger partial charge in [-0.2, -0.15) is 0 Å². The van der Waals surface area contributed by atoms with E-state index in [1.807, 2.05) is 0 Å². The van der Waals surface area contributed by atoms with Crippen LogP contribution < -0.4 is 5.32 Å². The highest BCUT2D eigenvalue weighted by Gasteiger charge is 2.09. The molecule has 0 aromatic carbocycles. The van der Waals surface area contributed by atoms with Crippen LogP contribution >= 0.6 is 0 Å². The molecule has 0 radical (unpaired) electrons. The normalized spacial score (nSPS) is 15.9. The number of nitrogens with zero attached hydrogens (tertiary/aromatic N) is 1. The monoisotopic (exact) mass is 202 g/mol. The number of ether oxygens (including phenoxy) is 1. The molecule has 0 heterocycles. The molecule has 0 rings (SSSR count). The van der Waals surface area contributed by atoms with Crippen molar-refractivity contribution in [1.82, 2.24) is 10.2 Å². The van der Waals surface area contributed by atoms with E-state index in [0.29, 0.717) is 12.1 Å². The summed E-state index contributed by atoms with van der Waals surface area (Å²) in [6.45, 7) is 9.53. The molecule has 0 amide bonds. The fourth-order valence-corrected chi connectivity index (χ4v) is 1.13. The second-order valence-corrected chi connectivity index (χ2v) is 4.04. The predicted octanol–water partition coefficient (Wildman–Crippen LogP) is 1.34. The third-order valence-corrected chi connectivity index (χ3v) is 2.77. The van der Waals surface area contributed by atoms with Crippen LogP contribution in [0.25, 0.3) is 0 Å². The molecule has 0 aliphatic carbocycles. The van der Waals surface area contributed by atoms with E-state index in [1.165, 1.54) is 6.42 Å². The topological polar surface area (TPSA) is 24.5 Å². The summed E-state index contributed by atoms with van der Waals surface area (Å²) in [5.41, 5.74) is 0. The van der Waals surface area contributed by atoms with Crippen LogP contribution in [0.4, 0.5) is 0 Å². The second-order valence-electron chi connectivity index (χ2n) is 4.04. The van der Waals surface area contributed by atoms with Gasteiger partial charge < -0.3 is 15.0 Å². The molecule has 2 atom stereocenters. The van der Waals surface area contributed by atoms with E-state index in [-0.39, 0.29) is 0 Å². The lowest BCUT2D eigenvalue weighted by atomic mass is 10.2. The van der Waals surface area contributed by atoms with Crippen molar-refractivity contribution in [3.05, 3.63) is 0 Å². The van der Waals surface area contributed by atoms with Crippen molar-refractivity contribution in [2.75, 3.05) is 33.9 Å². The summed E-state index contributed by atoms with van der Waals surface area (Å²) in [4.78, 5) is 2.32. The SMILES string of the molecule is CCC(C)NCC(C)N(C)CCOC. The van der Waals surface area contributed by atoms with Crippen LogP contribution in [-0.4, -0.2) is 50.8 Å². The lowest BCUT2D eigenvalue weighted by Crippen LogP contribution is -2.41. The summed E-state index contributed by atoms with van der Waals surface area (Å²) in [5.74, 6) is 0. The molecular weight excluding hydrogens is 176 g/mol. The standard InChI is InChI=1S/C11H26N2O/c1-6-10(2)12-9-11(3)13(4)7-8-14-5/h10-12H,6-9H2,1-5H3. The molecule has 14 heavy (non-hydrogen) atoms. The van der Waals surface area contributed by atoms with Gasteiger partial charge in [0.25, 0.3) is 0 Å². The molecule has 0 saturated heterocycles. The molecule has 0 aromatic heterocycles. The molecule has 2 unspecified atom stereocenters. The molecule has 0 saturated carbocycles. The molecule has 86 valence electrons. The number of nitrogens with one attached hydrogen (secondary N) is 1. The van der Waals surface area contributed by atoms with Gasteiger partial charge in [-0.3, -0.25) is 0 Å². The van der Waals surface area contributed by atoms with Gasteiger partial charge >= 0.3 is 0 Å². The highest BCUT2D eigenvalue weighted by molar-refractivity contribution is 4.68. The molecule has 3 heteroatoms. The van der Waals surface area contributed by atoms with Gasteiger partial charge in [0.1, 0.15) is 0 Å². The van der Waals surface area contributed by atoms with Crippen molar-refractivity contribution in [3.63, 3.8) is 0 Å². The first kappa shape index (κ1) is 13.9. The van der Waals surface area contributed by atoms with Gasteiger partial charge in [-0.1, -0.05) is 6.92 Å². The molecule has 0 bridgehead atoms. The van der Waals surface area contributed by atoms with Gasteiger partial charge in [0.2, 0.25) is 0 Å². The fourth-order valence-electron chi connectivity index (χ4n) is 1.13. The van der Waals surface area contributed by atoms with Crippen molar-refractivity contribution >= 4 is 0 Å². The van der Waals surface area contributed by atoms with Crippen LogP contribution in [0, 0.1) is 0 Å². The Morgan fingerprint density at radius 3 is 2.50 bits per heavy atom. The van der Waals surface area contributed by atoms with E-state index >= 15 is 0 Å². The Labute approximate surface area is 88.8 Å². The van der Waals surface area contributed by atoms with E-state index in [0.717, 1.165) is 19.7 Å². The average molecular weight is 202 g/mol. The molecule has 0 fully saturated rings. The predicted molar refractivity (Wildman–Crippen MR) is 61.7 cm³/mol. The summed E-state index contributed by atoms with van der Waals surface area (Å²) < 4.78 is 5.05. The maximum Gasteiger partial charge on any atom is 0.0589 e. The van der Waals surface area contributed by atoms with Gasteiger partial charge in [-0.25, -0.2) is 0 Å². The zero-order valence-corrected chi connectivity index (χ0v) is 10.3. The largest absolute Gasteiger partial charge is 0.383 e. The molecular formula is C11H26N2O. The van der Waals surface area contributed by atoms with Gasteiger partial charge in [0.05, 0.1) is 6.61 Å². The molecule has 3 nitrogen and oxygen atoms in total. The fraction of sp³-hybridized carbons (Fsp3) is 1.00. The summed E-state index contributed by atoms with van der Waals surface area (Å²) in [6.07, 6.45) is 1.19. The Bertz CT molecular complexity index is 130. The first-order valence-electron chi connectivity index (χ1n) is 5.54. The van der Waals surface area contributed by atoms with Crippen LogP contribution in [0.5, 0.6) is 0 Å². The minimum Gasteiger partial charge on any atom is -0.383 e. The quantitative estimate of drug-likeness (QED) is 0.643.